The normalized spacial score (nSPS) is 14.5. The van der Waals surface area contributed by atoms with Crippen LogP contribution in [0.1, 0.15) is 17.7 Å². The molecule has 0 unspecified atom stereocenters. The quantitative estimate of drug-likeness (QED) is 0.577. The average molecular weight is 429 g/mol. The van der Waals surface area contributed by atoms with Gasteiger partial charge in [-0.05, 0) is 48.6 Å². The Labute approximate surface area is 177 Å². The van der Waals surface area contributed by atoms with Gasteiger partial charge in [0.2, 0.25) is 0 Å². The minimum atomic E-state index is -0.252. The first-order valence-electron chi connectivity index (χ1n) is 9.31. The third kappa shape index (κ3) is 4.14. The number of aromatic nitrogens is 1. The number of carbonyl (C=O) groups excluding carboxylic acids is 1. The number of nitrogens with two attached hydrogens (primary N) is 1. The fourth-order valence-corrected chi connectivity index (χ4v) is 4.91. The summed E-state index contributed by atoms with van der Waals surface area (Å²) in [5, 5.41) is 6.36. The number of benzene rings is 2. The van der Waals surface area contributed by atoms with E-state index < -0.39 is 0 Å². The lowest BCUT2D eigenvalue weighted by atomic mass is 10.0. The number of halogens is 1. The van der Waals surface area contributed by atoms with Gasteiger partial charge in [-0.15, -0.1) is 0 Å². The summed E-state index contributed by atoms with van der Waals surface area (Å²) < 4.78 is 15.1. The van der Waals surface area contributed by atoms with E-state index in [0.29, 0.717) is 30.3 Å². The maximum Gasteiger partial charge on any atom is 0.326 e. The van der Waals surface area contributed by atoms with Crippen LogP contribution in [-0.2, 0) is 6.54 Å². The third-order valence-corrected chi connectivity index (χ3v) is 6.90. The fourth-order valence-electron chi connectivity index (χ4n) is 3.45. The molecule has 0 spiro atoms. The van der Waals surface area contributed by atoms with Gasteiger partial charge >= 0.3 is 6.03 Å². The molecular formula is C21H21FN4OS2. The van der Waals surface area contributed by atoms with Crippen LogP contribution >= 0.6 is 23.3 Å². The summed E-state index contributed by atoms with van der Waals surface area (Å²) in [6, 6.07) is 14.4. The van der Waals surface area contributed by atoms with Crippen LogP contribution in [0.25, 0.3) is 11.1 Å². The van der Waals surface area contributed by atoms with Crippen LogP contribution in [0.2, 0.25) is 0 Å². The number of hydrogen-bond acceptors (Lipinski definition) is 5. The van der Waals surface area contributed by atoms with Crippen molar-refractivity contribution in [3.05, 3.63) is 65.6 Å². The van der Waals surface area contributed by atoms with E-state index in [2.05, 4.69) is 4.98 Å². The highest BCUT2D eigenvalue weighted by Crippen LogP contribution is 2.33. The van der Waals surface area contributed by atoms with Gasteiger partial charge < -0.3 is 4.90 Å². The Kier molecular flexibility index (Phi) is 5.84. The Morgan fingerprint density at radius 1 is 1.21 bits per heavy atom. The van der Waals surface area contributed by atoms with Gasteiger partial charge in [0.05, 0.1) is 9.90 Å². The number of hydrogen-bond donors (Lipinski definition) is 1. The molecule has 1 aromatic heterocycles. The Morgan fingerprint density at radius 2 is 2.03 bits per heavy atom. The first-order chi connectivity index (χ1) is 14.1. The molecule has 2 N–H and O–H groups in total. The predicted octanol–water partition coefficient (Wildman–Crippen LogP) is 5.06. The number of nitrogens with zero attached hydrogens (tertiary/aromatic N) is 3. The highest BCUT2D eigenvalue weighted by molar-refractivity contribution is 7.99. The van der Waals surface area contributed by atoms with Crippen LogP contribution in [0.4, 0.5) is 14.3 Å². The van der Waals surface area contributed by atoms with Crippen LogP contribution in [0.3, 0.4) is 0 Å². The molecule has 2 amide bonds. The van der Waals surface area contributed by atoms with E-state index in [9.17, 15) is 9.18 Å². The number of amides is 2. The Hall–Kier alpha value is -2.42. The van der Waals surface area contributed by atoms with Crippen molar-refractivity contribution in [2.24, 2.45) is 5.14 Å². The Bertz CT molecular complexity index is 1040. The summed E-state index contributed by atoms with van der Waals surface area (Å²) in [7, 11) is 0. The zero-order valence-electron chi connectivity index (χ0n) is 16.0. The van der Waals surface area contributed by atoms with Crippen LogP contribution in [-0.4, -0.2) is 29.0 Å². The predicted molar refractivity (Wildman–Crippen MR) is 117 cm³/mol. The smallest absolute Gasteiger partial charge is 0.320 e. The van der Waals surface area contributed by atoms with Gasteiger partial charge in [0.1, 0.15) is 5.82 Å². The molecular weight excluding hydrogens is 407 g/mol. The second-order valence-electron chi connectivity index (χ2n) is 6.88. The summed E-state index contributed by atoms with van der Waals surface area (Å²) in [5.74, 6) is -0.252. The summed E-state index contributed by atoms with van der Waals surface area (Å²) in [6.45, 7) is 3.70. The minimum absolute atomic E-state index is 0.0603. The molecule has 1 fully saturated rings. The van der Waals surface area contributed by atoms with E-state index in [0.717, 1.165) is 39.4 Å². The van der Waals surface area contributed by atoms with Crippen LogP contribution in [0.5, 0.6) is 0 Å². The number of urea groups is 1. The SMILES string of the molecule is Cc1nc(N2CCCN(Cc3cccc(-c4ccccc4F)c3)C2=O)sc1SN. The lowest BCUT2D eigenvalue weighted by Crippen LogP contribution is -2.49. The molecule has 1 saturated heterocycles. The number of aryl methyl sites for hydroxylation is 1. The van der Waals surface area contributed by atoms with Crippen LogP contribution in [0, 0.1) is 12.7 Å². The van der Waals surface area contributed by atoms with Crippen molar-refractivity contribution in [2.45, 2.75) is 24.1 Å². The monoisotopic (exact) mass is 428 g/mol. The zero-order chi connectivity index (χ0) is 20.4. The zero-order valence-corrected chi connectivity index (χ0v) is 17.6. The van der Waals surface area contributed by atoms with Crippen LogP contribution < -0.4 is 10.0 Å². The average Bonchev–Trinajstić information content (AvgIpc) is 3.10. The Morgan fingerprint density at radius 3 is 2.79 bits per heavy atom. The standard InChI is InChI=1S/C21H21FN4OS2/c1-14-19(29-23)28-20(24-14)26-11-5-10-25(21(26)27)13-15-6-4-7-16(12-15)17-8-2-3-9-18(17)22/h2-4,6-9,12H,5,10-11,13,23H2,1H3. The molecule has 8 heteroatoms. The summed E-state index contributed by atoms with van der Waals surface area (Å²) in [5.41, 5.74) is 3.18. The van der Waals surface area contributed by atoms with E-state index in [-0.39, 0.29) is 11.8 Å². The first kappa shape index (κ1) is 19.9. The molecule has 5 nitrogen and oxygen atoms in total. The summed E-state index contributed by atoms with van der Waals surface area (Å²) >= 11 is 2.60. The van der Waals surface area contributed by atoms with Crippen molar-refractivity contribution >= 4 is 34.4 Å². The van der Waals surface area contributed by atoms with Crippen LogP contribution in [0.15, 0.2) is 52.7 Å². The molecule has 3 aromatic rings. The number of anilines is 1. The number of carbonyl (C=O) groups is 1. The molecule has 29 heavy (non-hydrogen) atoms. The molecule has 0 bridgehead atoms. The molecule has 0 atom stereocenters. The van der Waals surface area contributed by atoms with E-state index >= 15 is 0 Å². The third-order valence-electron chi connectivity index (χ3n) is 4.88. The maximum atomic E-state index is 14.1. The lowest BCUT2D eigenvalue weighted by Gasteiger charge is -2.34. The molecule has 1 aliphatic heterocycles. The molecule has 0 radical (unpaired) electrons. The number of rotatable bonds is 5. The second-order valence-corrected chi connectivity index (χ2v) is 8.76. The highest BCUT2D eigenvalue weighted by atomic mass is 32.2. The summed E-state index contributed by atoms with van der Waals surface area (Å²) in [4.78, 5) is 21.1. The lowest BCUT2D eigenvalue weighted by molar-refractivity contribution is 0.192. The highest BCUT2D eigenvalue weighted by Gasteiger charge is 2.29. The molecule has 0 aliphatic carbocycles. The fraction of sp³-hybridized carbons (Fsp3) is 0.238. The van der Waals surface area contributed by atoms with E-state index in [4.69, 9.17) is 5.14 Å². The largest absolute Gasteiger partial charge is 0.326 e. The van der Waals surface area contributed by atoms with Crippen molar-refractivity contribution in [1.82, 2.24) is 9.88 Å². The van der Waals surface area contributed by atoms with E-state index in [1.54, 1.807) is 17.0 Å². The van der Waals surface area contributed by atoms with Gasteiger partial charge in [-0.25, -0.2) is 14.2 Å². The molecule has 150 valence electrons. The first-order valence-corrected chi connectivity index (χ1v) is 11.0. The molecule has 4 rings (SSSR count). The van der Waals surface area contributed by atoms with Gasteiger partial charge in [0.15, 0.2) is 5.13 Å². The minimum Gasteiger partial charge on any atom is -0.320 e. The van der Waals surface area contributed by atoms with Gasteiger partial charge in [-0.1, -0.05) is 47.7 Å². The van der Waals surface area contributed by atoms with Crippen molar-refractivity contribution in [2.75, 3.05) is 18.0 Å². The molecule has 2 aromatic carbocycles. The second kappa shape index (κ2) is 8.52. The molecule has 2 heterocycles. The molecule has 1 aliphatic rings. The van der Waals surface area contributed by atoms with Gasteiger partial charge in [-0.2, -0.15) is 0 Å². The summed E-state index contributed by atoms with van der Waals surface area (Å²) in [6.07, 6.45) is 0.864. The topological polar surface area (TPSA) is 62.5 Å². The van der Waals surface area contributed by atoms with Crippen molar-refractivity contribution in [3.8, 4) is 11.1 Å². The van der Waals surface area contributed by atoms with Gasteiger partial charge in [0, 0.05) is 25.2 Å². The van der Waals surface area contributed by atoms with E-state index in [1.165, 1.54) is 17.4 Å². The Balaban J connectivity index is 1.54. The number of thiazole rings is 1. The molecule has 0 saturated carbocycles. The van der Waals surface area contributed by atoms with Gasteiger partial charge in [0.25, 0.3) is 0 Å². The van der Waals surface area contributed by atoms with E-state index in [1.807, 2.05) is 42.2 Å². The van der Waals surface area contributed by atoms with Crippen molar-refractivity contribution < 1.29 is 9.18 Å². The van der Waals surface area contributed by atoms with Crippen molar-refractivity contribution in [1.29, 1.82) is 0 Å². The maximum absolute atomic E-state index is 14.1. The van der Waals surface area contributed by atoms with Gasteiger partial charge in [-0.3, -0.25) is 10.0 Å². The van der Waals surface area contributed by atoms with Crippen molar-refractivity contribution in [3.63, 3.8) is 0 Å².